The van der Waals surface area contributed by atoms with Gasteiger partial charge in [-0.15, -0.1) is 0 Å². The van der Waals surface area contributed by atoms with Gasteiger partial charge in [-0.25, -0.2) is 9.78 Å². The molecule has 0 saturated carbocycles. The van der Waals surface area contributed by atoms with Gasteiger partial charge in [-0.2, -0.15) is 4.91 Å². The molecule has 8 nitrogen and oxygen atoms in total. The summed E-state index contributed by atoms with van der Waals surface area (Å²) in [6.07, 6.45) is 2.92. The molecule has 142 valence electrons. The summed E-state index contributed by atoms with van der Waals surface area (Å²) in [5, 5.41) is 2.90. The minimum atomic E-state index is -0.500. The first-order valence-electron chi connectivity index (χ1n) is 9.34. The molecule has 4 heterocycles. The summed E-state index contributed by atoms with van der Waals surface area (Å²) in [4.78, 5) is 42.5. The summed E-state index contributed by atoms with van der Waals surface area (Å²) in [6.45, 7) is 0.683. The second-order valence-electron chi connectivity index (χ2n) is 7.27. The number of nitrogens with zero attached hydrogens (tertiary/aromatic N) is 4. The Morgan fingerprint density at radius 3 is 2.75 bits per heavy atom. The fourth-order valence-electron chi connectivity index (χ4n) is 4.29. The molecule has 2 amide bonds. The van der Waals surface area contributed by atoms with E-state index in [0.717, 1.165) is 28.8 Å². The number of rotatable bonds is 4. The number of aromatic nitrogens is 1. The molecule has 5 rings (SSSR count). The number of benzene rings is 1. The minimum absolute atomic E-state index is 0.0334. The van der Waals surface area contributed by atoms with Crippen molar-refractivity contribution in [3.05, 3.63) is 47.0 Å². The van der Waals surface area contributed by atoms with E-state index < -0.39 is 12.2 Å². The van der Waals surface area contributed by atoms with Gasteiger partial charge in [0.2, 0.25) is 5.91 Å². The largest absolute Gasteiger partial charge is 0.441 e. The van der Waals surface area contributed by atoms with Crippen molar-refractivity contribution in [1.82, 2.24) is 4.98 Å². The van der Waals surface area contributed by atoms with Crippen molar-refractivity contribution >= 4 is 23.5 Å². The molecule has 2 aromatic rings. The summed E-state index contributed by atoms with van der Waals surface area (Å²) in [5.41, 5.74) is 3.79. The van der Waals surface area contributed by atoms with E-state index in [1.165, 1.54) is 0 Å². The lowest BCUT2D eigenvalue weighted by atomic mass is 10.0. The minimum Gasteiger partial charge on any atom is -0.441 e. The molecule has 0 radical (unpaired) electrons. The van der Waals surface area contributed by atoms with Crippen LogP contribution < -0.4 is 9.80 Å². The molecule has 8 heteroatoms. The molecule has 1 aromatic heterocycles. The highest BCUT2D eigenvalue weighted by atomic mass is 16.6. The summed E-state index contributed by atoms with van der Waals surface area (Å²) in [7, 11) is 0. The second kappa shape index (κ2) is 6.40. The van der Waals surface area contributed by atoms with Crippen LogP contribution in [-0.4, -0.2) is 42.2 Å². The van der Waals surface area contributed by atoms with Crippen molar-refractivity contribution in [2.45, 2.75) is 31.4 Å². The highest BCUT2D eigenvalue weighted by molar-refractivity contribution is 5.95. The van der Waals surface area contributed by atoms with Crippen molar-refractivity contribution in [2.24, 2.45) is 5.18 Å². The molecule has 3 aliphatic rings. The van der Waals surface area contributed by atoms with Crippen LogP contribution in [-0.2, 0) is 16.0 Å². The Balaban J connectivity index is 1.41. The number of fused-ring (bicyclic) bond motifs is 3. The molecule has 0 spiro atoms. The van der Waals surface area contributed by atoms with Gasteiger partial charge >= 0.3 is 6.09 Å². The lowest BCUT2D eigenvalue weighted by Gasteiger charge is -2.15. The first-order chi connectivity index (χ1) is 13.7. The third-order valence-corrected chi connectivity index (χ3v) is 5.66. The summed E-state index contributed by atoms with van der Waals surface area (Å²) < 4.78 is 5.26. The lowest BCUT2D eigenvalue weighted by Crippen LogP contribution is -2.34. The number of hydrogen-bond acceptors (Lipinski definition) is 6. The van der Waals surface area contributed by atoms with E-state index in [2.05, 4.69) is 10.2 Å². The van der Waals surface area contributed by atoms with Crippen LogP contribution in [0.2, 0.25) is 0 Å². The molecule has 28 heavy (non-hydrogen) atoms. The van der Waals surface area contributed by atoms with Crippen molar-refractivity contribution in [2.75, 3.05) is 22.9 Å². The van der Waals surface area contributed by atoms with Gasteiger partial charge < -0.3 is 4.74 Å². The lowest BCUT2D eigenvalue weighted by molar-refractivity contribution is -0.117. The molecular weight excluding hydrogens is 360 g/mol. The van der Waals surface area contributed by atoms with Gasteiger partial charge in [-0.3, -0.25) is 14.6 Å². The highest BCUT2D eigenvalue weighted by Gasteiger charge is 2.47. The monoisotopic (exact) mass is 378 g/mol. The molecule has 1 aromatic carbocycles. The van der Waals surface area contributed by atoms with Crippen molar-refractivity contribution in [3.63, 3.8) is 0 Å². The number of anilines is 2. The van der Waals surface area contributed by atoms with Gasteiger partial charge in [0, 0.05) is 24.7 Å². The predicted molar refractivity (Wildman–Crippen MR) is 102 cm³/mol. The number of ether oxygens (including phenoxy) is 1. The van der Waals surface area contributed by atoms with E-state index in [9.17, 15) is 14.5 Å². The third-order valence-electron chi connectivity index (χ3n) is 5.66. The van der Waals surface area contributed by atoms with Crippen molar-refractivity contribution < 1.29 is 14.3 Å². The zero-order chi connectivity index (χ0) is 19.3. The van der Waals surface area contributed by atoms with Crippen LogP contribution >= 0.6 is 0 Å². The van der Waals surface area contributed by atoms with Gasteiger partial charge in [0.15, 0.2) is 0 Å². The maximum atomic E-state index is 12.2. The Hall–Kier alpha value is -3.29. The molecule has 2 saturated heterocycles. The molecule has 0 unspecified atom stereocenters. The summed E-state index contributed by atoms with van der Waals surface area (Å²) in [6, 6.07) is 9.53. The zero-order valence-electron chi connectivity index (χ0n) is 15.1. The maximum absolute atomic E-state index is 12.2. The fourth-order valence-corrected chi connectivity index (χ4v) is 4.29. The molecule has 0 bridgehead atoms. The number of carbonyl (C=O) groups excluding carboxylic acids is 2. The van der Waals surface area contributed by atoms with Crippen LogP contribution in [0.15, 0.2) is 41.7 Å². The molecule has 2 atom stereocenters. The Bertz CT molecular complexity index is 975. The first kappa shape index (κ1) is 16.9. The number of pyridine rings is 1. The topological polar surface area (TPSA) is 92.2 Å². The van der Waals surface area contributed by atoms with Gasteiger partial charge in [0.05, 0.1) is 11.7 Å². The number of carbonyl (C=O) groups is 2. The Labute approximate surface area is 161 Å². The smallest absolute Gasteiger partial charge is 0.415 e. The number of nitroso groups, excluding NO2 is 1. The van der Waals surface area contributed by atoms with Crippen LogP contribution in [0.5, 0.6) is 0 Å². The van der Waals surface area contributed by atoms with E-state index in [1.54, 1.807) is 16.0 Å². The van der Waals surface area contributed by atoms with Crippen LogP contribution in [0.25, 0.3) is 11.1 Å². The number of cyclic esters (lactones) is 1. The Morgan fingerprint density at radius 1 is 1.18 bits per heavy atom. The normalized spacial score (nSPS) is 23.0. The molecule has 0 aliphatic carbocycles. The average Bonchev–Trinajstić information content (AvgIpc) is 3.37. The van der Waals surface area contributed by atoms with Crippen molar-refractivity contribution in [1.29, 1.82) is 0 Å². The first-order valence-corrected chi connectivity index (χ1v) is 9.34. The molecule has 0 N–H and O–H groups in total. The third kappa shape index (κ3) is 2.56. The fraction of sp³-hybridized carbons (Fsp3) is 0.350. The molecular formula is C20H18N4O4. The number of hydrogen-bond donors (Lipinski definition) is 0. The predicted octanol–water partition coefficient (Wildman–Crippen LogP) is 2.89. The quantitative estimate of drug-likeness (QED) is 0.763. The standard InChI is InChI=1S/C20H18N4O4/c25-19-2-1-7-23(19)18-6-4-13(10-21-18)12-3-5-15-14(8-12)9-16-17(11-22-27)28-20(26)24(15)16/h3-6,8,10,16-17H,1-2,7,9,11H2/t16-,17-/m0/s1. The Morgan fingerprint density at radius 2 is 2.04 bits per heavy atom. The van der Waals surface area contributed by atoms with Crippen LogP contribution in [0.1, 0.15) is 18.4 Å². The van der Waals surface area contributed by atoms with Crippen LogP contribution in [0.4, 0.5) is 16.3 Å². The van der Waals surface area contributed by atoms with Gasteiger partial charge in [0.25, 0.3) is 0 Å². The van der Waals surface area contributed by atoms with E-state index in [1.807, 2.05) is 30.3 Å². The van der Waals surface area contributed by atoms with E-state index in [4.69, 9.17) is 4.74 Å². The average molecular weight is 378 g/mol. The summed E-state index contributed by atoms with van der Waals surface area (Å²) >= 11 is 0. The Kier molecular flexibility index (Phi) is 3.85. The zero-order valence-corrected chi connectivity index (χ0v) is 15.1. The van der Waals surface area contributed by atoms with E-state index >= 15 is 0 Å². The highest BCUT2D eigenvalue weighted by Crippen LogP contribution is 2.40. The van der Waals surface area contributed by atoms with Crippen LogP contribution in [0.3, 0.4) is 0 Å². The van der Waals surface area contributed by atoms with Gasteiger partial charge in [-0.05, 0) is 48.2 Å². The summed E-state index contributed by atoms with van der Waals surface area (Å²) in [5.74, 6) is 0.796. The number of amides is 2. The van der Waals surface area contributed by atoms with Gasteiger partial charge in [0.1, 0.15) is 18.5 Å². The van der Waals surface area contributed by atoms with Gasteiger partial charge in [-0.1, -0.05) is 11.2 Å². The molecule has 3 aliphatic heterocycles. The van der Waals surface area contributed by atoms with Crippen molar-refractivity contribution in [3.8, 4) is 11.1 Å². The van der Waals surface area contributed by atoms with Crippen LogP contribution in [0, 0.1) is 4.91 Å². The van der Waals surface area contributed by atoms with E-state index in [0.29, 0.717) is 25.2 Å². The maximum Gasteiger partial charge on any atom is 0.415 e. The SMILES string of the molecule is O=NC[C@@H]1OC(=O)N2c3ccc(-c4ccc(N5CCCC5=O)nc4)cc3C[C@@H]12. The second-order valence-corrected chi connectivity index (χ2v) is 7.27. The molecule has 2 fully saturated rings. The van der Waals surface area contributed by atoms with E-state index in [-0.39, 0.29) is 18.5 Å².